The molecule has 0 fully saturated rings. The quantitative estimate of drug-likeness (QED) is 0.671. The monoisotopic (exact) mass is 192 g/mol. The molecule has 3 nitrogen and oxygen atoms in total. The maximum Gasteiger partial charge on any atom is 0.240 e. The first-order chi connectivity index (χ1) is 6.61. The Balaban J connectivity index is 2.58. The van der Waals surface area contributed by atoms with Crippen molar-refractivity contribution in [2.24, 2.45) is 0 Å². The van der Waals surface area contributed by atoms with E-state index >= 15 is 0 Å². The lowest BCUT2D eigenvalue weighted by atomic mass is 10.1. The summed E-state index contributed by atoms with van der Waals surface area (Å²) in [6, 6.07) is 9.75. The van der Waals surface area contributed by atoms with E-state index in [-0.39, 0.29) is 5.91 Å². The number of hydrogen-bond acceptors (Lipinski definition) is 2. The van der Waals surface area contributed by atoms with Crippen molar-refractivity contribution in [1.82, 2.24) is 10.0 Å². The Labute approximate surface area is 84.9 Å². The minimum absolute atomic E-state index is 0.0983. The normalized spacial score (nSPS) is 10.3. The molecule has 0 aliphatic rings. The molecular formula is C11H16N2O. The summed E-state index contributed by atoms with van der Waals surface area (Å²) in [6.45, 7) is 0. The lowest BCUT2D eigenvalue weighted by Crippen LogP contribution is -2.39. The van der Waals surface area contributed by atoms with Crippen LogP contribution < -0.4 is 0 Å². The molecule has 0 aliphatic heterocycles. The molecule has 0 saturated carbocycles. The van der Waals surface area contributed by atoms with Gasteiger partial charge in [0.15, 0.2) is 0 Å². The van der Waals surface area contributed by atoms with Crippen molar-refractivity contribution >= 4 is 5.91 Å². The maximum absolute atomic E-state index is 11.6. The van der Waals surface area contributed by atoms with Crippen molar-refractivity contribution in [3.8, 4) is 0 Å². The van der Waals surface area contributed by atoms with Crippen LogP contribution in [0, 0.1) is 0 Å². The SMILES string of the molecule is CN(C)N(C)C(=O)Cc1ccccc1. The third-order valence-corrected chi connectivity index (χ3v) is 2.16. The average Bonchev–Trinajstić information content (AvgIpc) is 2.18. The van der Waals surface area contributed by atoms with E-state index in [2.05, 4.69) is 0 Å². The fraction of sp³-hybridized carbons (Fsp3) is 0.364. The van der Waals surface area contributed by atoms with Gasteiger partial charge in [-0.05, 0) is 5.56 Å². The number of amides is 1. The van der Waals surface area contributed by atoms with E-state index in [1.807, 2.05) is 44.4 Å². The van der Waals surface area contributed by atoms with Crippen molar-refractivity contribution in [2.45, 2.75) is 6.42 Å². The molecule has 0 bridgehead atoms. The topological polar surface area (TPSA) is 23.6 Å². The van der Waals surface area contributed by atoms with Crippen LogP contribution >= 0.6 is 0 Å². The third kappa shape index (κ3) is 2.85. The molecule has 1 amide bonds. The van der Waals surface area contributed by atoms with Crippen molar-refractivity contribution in [3.63, 3.8) is 0 Å². The molecule has 14 heavy (non-hydrogen) atoms. The van der Waals surface area contributed by atoms with E-state index in [0.29, 0.717) is 6.42 Å². The van der Waals surface area contributed by atoms with E-state index in [4.69, 9.17) is 0 Å². The Hall–Kier alpha value is -1.35. The molecular weight excluding hydrogens is 176 g/mol. The Kier molecular flexibility index (Phi) is 3.65. The average molecular weight is 192 g/mol. The zero-order valence-electron chi connectivity index (χ0n) is 8.90. The van der Waals surface area contributed by atoms with Gasteiger partial charge in [0.05, 0.1) is 6.42 Å². The number of hydrazine groups is 1. The van der Waals surface area contributed by atoms with Gasteiger partial charge in [0.25, 0.3) is 0 Å². The minimum atomic E-state index is 0.0983. The summed E-state index contributed by atoms with van der Waals surface area (Å²) < 4.78 is 0. The van der Waals surface area contributed by atoms with Crippen LogP contribution in [-0.2, 0) is 11.2 Å². The van der Waals surface area contributed by atoms with E-state index in [0.717, 1.165) is 5.56 Å². The summed E-state index contributed by atoms with van der Waals surface area (Å²) in [5.74, 6) is 0.0983. The largest absolute Gasteiger partial charge is 0.279 e. The first-order valence-electron chi connectivity index (χ1n) is 4.59. The van der Waals surface area contributed by atoms with Crippen molar-refractivity contribution in [2.75, 3.05) is 21.1 Å². The second-order valence-corrected chi connectivity index (χ2v) is 3.43. The second-order valence-electron chi connectivity index (χ2n) is 3.43. The first-order valence-corrected chi connectivity index (χ1v) is 4.59. The lowest BCUT2D eigenvalue weighted by molar-refractivity contribution is -0.140. The number of rotatable bonds is 3. The molecule has 0 spiro atoms. The molecule has 0 saturated heterocycles. The van der Waals surface area contributed by atoms with Crippen molar-refractivity contribution in [3.05, 3.63) is 35.9 Å². The molecule has 0 radical (unpaired) electrons. The fourth-order valence-corrected chi connectivity index (χ4v) is 1.11. The Morgan fingerprint density at radius 2 is 1.71 bits per heavy atom. The summed E-state index contributed by atoms with van der Waals surface area (Å²) in [5.41, 5.74) is 1.05. The Bertz CT molecular complexity index is 295. The molecule has 0 aliphatic carbocycles. The smallest absolute Gasteiger partial charge is 0.240 e. The van der Waals surface area contributed by atoms with Gasteiger partial charge >= 0.3 is 0 Å². The standard InChI is InChI=1S/C11H16N2O/c1-12(2)13(3)11(14)9-10-7-5-4-6-8-10/h4-8H,9H2,1-3H3. The summed E-state index contributed by atoms with van der Waals surface area (Å²) in [6.07, 6.45) is 0.454. The predicted molar refractivity (Wildman–Crippen MR) is 56.6 cm³/mol. The van der Waals surface area contributed by atoms with Gasteiger partial charge in [0.1, 0.15) is 0 Å². The molecule has 1 aromatic carbocycles. The van der Waals surface area contributed by atoms with Crippen LogP contribution in [-0.4, -0.2) is 37.1 Å². The zero-order valence-corrected chi connectivity index (χ0v) is 8.90. The Morgan fingerprint density at radius 1 is 1.14 bits per heavy atom. The molecule has 0 N–H and O–H groups in total. The number of benzene rings is 1. The maximum atomic E-state index is 11.6. The van der Waals surface area contributed by atoms with E-state index in [9.17, 15) is 4.79 Å². The first kappa shape index (κ1) is 10.7. The third-order valence-electron chi connectivity index (χ3n) is 2.16. The van der Waals surface area contributed by atoms with Crippen LogP contribution in [0.3, 0.4) is 0 Å². The number of hydrogen-bond donors (Lipinski definition) is 0. The number of nitrogens with zero attached hydrogens (tertiary/aromatic N) is 2. The summed E-state index contributed by atoms with van der Waals surface area (Å²) in [5, 5.41) is 3.37. The molecule has 0 atom stereocenters. The number of carbonyl (C=O) groups is 1. The molecule has 0 heterocycles. The highest BCUT2D eigenvalue weighted by Gasteiger charge is 2.10. The molecule has 1 rings (SSSR count). The Morgan fingerprint density at radius 3 is 2.21 bits per heavy atom. The van der Waals surface area contributed by atoms with Crippen molar-refractivity contribution < 1.29 is 4.79 Å². The predicted octanol–water partition coefficient (Wildman–Crippen LogP) is 1.16. The molecule has 0 aromatic heterocycles. The van der Waals surface area contributed by atoms with Crippen LogP contribution in [0.4, 0.5) is 0 Å². The van der Waals surface area contributed by atoms with Crippen LogP contribution in [0.5, 0.6) is 0 Å². The fourth-order valence-electron chi connectivity index (χ4n) is 1.11. The van der Waals surface area contributed by atoms with Gasteiger partial charge in [-0.3, -0.25) is 9.80 Å². The van der Waals surface area contributed by atoms with Gasteiger partial charge < -0.3 is 0 Å². The zero-order chi connectivity index (χ0) is 10.6. The second kappa shape index (κ2) is 4.77. The van der Waals surface area contributed by atoms with Crippen LogP contribution in [0.15, 0.2) is 30.3 Å². The van der Waals surface area contributed by atoms with Crippen LogP contribution in [0.25, 0.3) is 0 Å². The van der Waals surface area contributed by atoms with E-state index < -0.39 is 0 Å². The highest BCUT2D eigenvalue weighted by molar-refractivity contribution is 5.77. The van der Waals surface area contributed by atoms with Gasteiger partial charge in [-0.15, -0.1) is 0 Å². The molecule has 76 valence electrons. The van der Waals surface area contributed by atoms with Crippen molar-refractivity contribution in [1.29, 1.82) is 0 Å². The van der Waals surface area contributed by atoms with E-state index in [1.165, 1.54) is 0 Å². The molecule has 3 heteroatoms. The number of carbonyl (C=O) groups excluding carboxylic acids is 1. The van der Waals surface area contributed by atoms with Crippen LogP contribution in [0.2, 0.25) is 0 Å². The summed E-state index contributed by atoms with van der Waals surface area (Å²) in [7, 11) is 5.47. The molecule has 0 unspecified atom stereocenters. The summed E-state index contributed by atoms with van der Waals surface area (Å²) in [4.78, 5) is 11.6. The minimum Gasteiger partial charge on any atom is -0.279 e. The van der Waals surface area contributed by atoms with E-state index in [1.54, 1.807) is 17.1 Å². The van der Waals surface area contributed by atoms with Gasteiger partial charge in [0.2, 0.25) is 5.91 Å². The van der Waals surface area contributed by atoms with Gasteiger partial charge in [-0.1, -0.05) is 30.3 Å². The number of likely N-dealkylation sites (N-methyl/N-ethyl adjacent to an activating group) is 1. The van der Waals surface area contributed by atoms with Gasteiger partial charge in [0, 0.05) is 21.1 Å². The summed E-state index contributed by atoms with van der Waals surface area (Å²) >= 11 is 0. The molecule has 1 aromatic rings. The van der Waals surface area contributed by atoms with Crippen LogP contribution in [0.1, 0.15) is 5.56 Å². The van der Waals surface area contributed by atoms with Gasteiger partial charge in [-0.25, -0.2) is 5.01 Å². The van der Waals surface area contributed by atoms with Gasteiger partial charge in [-0.2, -0.15) is 0 Å². The lowest BCUT2D eigenvalue weighted by Gasteiger charge is -2.24. The highest BCUT2D eigenvalue weighted by atomic mass is 16.2. The highest BCUT2D eigenvalue weighted by Crippen LogP contribution is 2.02.